The number of para-hydroxylation sites is 1. The highest BCUT2D eigenvalue weighted by atomic mass is 32.2. The molecule has 1 aromatic heterocycles. The van der Waals surface area contributed by atoms with Gasteiger partial charge in [0, 0.05) is 12.1 Å². The minimum absolute atomic E-state index is 0.0539. The number of rotatable bonds is 5. The molecular weight excluding hydrogens is 364 g/mol. The SMILES string of the molecule is O=C1CCc2cc(S(=O)(=O)N(Cc3ccco3)c3ccccc3)ccc2N1. The number of benzene rings is 2. The van der Waals surface area contributed by atoms with Gasteiger partial charge in [0.2, 0.25) is 5.91 Å². The molecule has 1 N–H and O–H groups in total. The molecule has 2 aromatic carbocycles. The van der Waals surface area contributed by atoms with Crippen molar-refractivity contribution in [2.75, 3.05) is 9.62 Å². The topological polar surface area (TPSA) is 79.6 Å². The number of furan rings is 1. The van der Waals surface area contributed by atoms with Crippen LogP contribution in [0.2, 0.25) is 0 Å². The number of nitrogens with one attached hydrogen (secondary N) is 1. The van der Waals surface area contributed by atoms with E-state index in [0.29, 0.717) is 30.0 Å². The second kappa shape index (κ2) is 6.92. The fourth-order valence-electron chi connectivity index (χ4n) is 3.10. The molecule has 1 aliphatic rings. The summed E-state index contributed by atoms with van der Waals surface area (Å²) in [6.07, 6.45) is 2.39. The summed E-state index contributed by atoms with van der Waals surface area (Å²) in [5, 5.41) is 2.77. The maximum absolute atomic E-state index is 13.4. The molecule has 2 heterocycles. The Morgan fingerprint density at radius 1 is 1.00 bits per heavy atom. The van der Waals surface area contributed by atoms with Crippen molar-refractivity contribution < 1.29 is 17.6 Å². The Labute approximate surface area is 157 Å². The second-order valence-corrected chi connectivity index (χ2v) is 8.16. The summed E-state index contributed by atoms with van der Waals surface area (Å²) in [5.41, 5.74) is 2.05. The fraction of sp³-hybridized carbons (Fsp3) is 0.150. The number of amides is 1. The van der Waals surface area contributed by atoms with Gasteiger partial charge in [0.1, 0.15) is 5.76 Å². The quantitative estimate of drug-likeness (QED) is 0.732. The van der Waals surface area contributed by atoms with Gasteiger partial charge in [-0.2, -0.15) is 0 Å². The van der Waals surface area contributed by atoms with E-state index in [1.807, 2.05) is 6.07 Å². The van der Waals surface area contributed by atoms with Crippen LogP contribution in [0.4, 0.5) is 11.4 Å². The van der Waals surface area contributed by atoms with Gasteiger partial charge in [-0.3, -0.25) is 9.10 Å². The average Bonchev–Trinajstić information content (AvgIpc) is 3.19. The van der Waals surface area contributed by atoms with Crippen LogP contribution >= 0.6 is 0 Å². The fourth-order valence-corrected chi connectivity index (χ4v) is 4.58. The van der Waals surface area contributed by atoms with Crippen molar-refractivity contribution in [1.82, 2.24) is 0 Å². The van der Waals surface area contributed by atoms with E-state index in [4.69, 9.17) is 4.42 Å². The van der Waals surface area contributed by atoms with Crippen molar-refractivity contribution in [2.24, 2.45) is 0 Å². The molecular formula is C20H18N2O4S. The predicted molar refractivity (Wildman–Crippen MR) is 102 cm³/mol. The Morgan fingerprint density at radius 2 is 1.81 bits per heavy atom. The van der Waals surface area contributed by atoms with Crippen LogP contribution in [-0.2, 0) is 27.8 Å². The van der Waals surface area contributed by atoms with Crippen LogP contribution in [0.3, 0.4) is 0 Å². The van der Waals surface area contributed by atoms with Gasteiger partial charge in [-0.1, -0.05) is 18.2 Å². The Balaban J connectivity index is 1.75. The standard InChI is InChI=1S/C20H18N2O4S/c23-20-11-8-15-13-18(9-10-19(15)21-20)27(24,25)22(14-17-7-4-12-26-17)16-5-2-1-3-6-16/h1-7,9-10,12-13H,8,11,14H2,(H,21,23). The number of hydrogen-bond donors (Lipinski definition) is 1. The van der Waals surface area contributed by atoms with Gasteiger partial charge in [0.15, 0.2) is 0 Å². The molecule has 0 saturated carbocycles. The minimum atomic E-state index is -3.82. The highest BCUT2D eigenvalue weighted by molar-refractivity contribution is 7.92. The maximum Gasteiger partial charge on any atom is 0.264 e. The average molecular weight is 382 g/mol. The minimum Gasteiger partial charge on any atom is -0.467 e. The highest BCUT2D eigenvalue weighted by Gasteiger charge is 2.27. The van der Waals surface area contributed by atoms with Crippen LogP contribution in [0.5, 0.6) is 0 Å². The first-order valence-corrected chi connectivity index (χ1v) is 10.0. The molecule has 7 heteroatoms. The lowest BCUT2D eigenvalue weighted by Gasteiger charge is -2.25. The number of carbonyl (C=O) groups is 1. The number of hydrogen-bond acceptors (Lipinski definition) is 4. The van der Waals surface area contributed by atoms with Crippen LogP contribution in [0.1, 0.15) is 17.7 Å². The van der Waals surface area contributed by atoms with Crippen LogP contribution < -0.4 is 9.62 Å². The molecule has 0 unspecified atom stereocenters. The van der Waals surface area contributed by atoms with Gasteiger partial charge in [0.05, 0.1) is 23.4 Å². The van der Waals surface area contributed by atoms with Crippen LogP contribution in [0, 0.1) is 0 Å². The molecule has 0 spiro atoms. The van der Waals surface area contributed by atoms with Crippen molar-refractivity contribution in [2.45, 2.75) is 24.3 Å². The zero-order valence-electron chi connectivity index (χ0n) is 14.5. The van der Waals surface area contributed by atoms with E-state index >= 15 is 0 Å². The summed E-state index contributed by atoms with van der Waals surface area (Å²) in [5.74, 6) is 0.495. The molecule has 6 nitrogen and oxygen atoms in total. The summed E-state index contributed by atoms with van der Waals surface area (Å²) in [6.45, 7) is 0.0904. The van der Waals surface area contributed by atoms with Crippen LogP contribution in [0.15, 0.2) is 76.2 Å². The van der Waals surface area contributed by atoms with Gasteiger partial charge in [-0.15, -0.1) is 0 Å². The molecule has 138 valence electrons. The summed E-state index contributed by atoms with van der Waals surface area (Å²) in [4.78, 5) is 11.7. The highest BCUT2D eigenvalue weighted by Crippen LogP contribution is 2.30. The van der Waals surface area contributed by atoms with E-state index in [2.05, 4.69) is 5.32 Å². The molecule has 0 atom stereocenters. The molecule has 0 saturated heterocycles. The summed E-state index contributed by atoms with van der Waals surface area (Å²) in [7, 11) is -3.82. The van der Waals surface area contributed by atoms with Crippen LogP contribution in [-0.4, -0.2) is 14.3 Å². The first-order valence-electron chi connectivity index (χ1n) is 8.57. The van der Waals surface area contributed by atoms with Crippen molar-refractivity contribution >= 4 is 27.3 Å². The Kier molecular flexibility index (Phi) is 4.45. The molecule has 1 aliphatic heterocycles. The van der Waals surface area contributed by atoms with Crippen molar-refractivity contribution in [3.63, 3.8) is 0 Å². The van der Waals surface area contributed by atoms with Crippen molar-refractivity contribution in [1.29, 1.82) is 0 Å². The van der Waals surface area contributed by atoms with Gasteiger partial charge >= 0.3 is 0 Å². The lowest BCUT2D eigenvalue weighted by molar-refractivity contribution is -0.116. The number of anilines is 2. The molecule has 4 rings (SSSR count). The first-order chi connectivity index (χ1) is 13.0. The number of fused-ring (bicyclic) bond motifs is 1. The van der Waals surface area contributed by atoms with E-state index in [-0.39, 0.29) is 17.3 Å². The summed E-state index contributed by atoms with van der Waals surface area (Å²) >= 11 is 0. The lowest BCUT2D eigenvalue weighted by Crippen LogP contribution is -2.30. The van der Waals surface area contributed by atoms with E-state index < -0.39 is 10.0 Å². The molecule has 27 heavy (non-hydrogen) atoms. The number of aryl methyl sites for hydroxylation is 1. The number of nitrogens with zero attached hydrogens (tertiary/aromatic N) is 1. The zero-order valence-corrected chi connectivity index (χ0v) is 15.3. The normalized spacial score (nSPS) is 13.7. The summed E-state index contributed by atoms with van der Waals surface area (Å²) < 4.78 is 33.5. The van der Waals surface area contributed by atoms with Gasteiger partial charge in [-0.25, -0.2) is 8.42 Å². The molecule has 0 radical (unpaired) electrons. The molecule has 3 aromatic rings. The molecule has 0 aliphatic carbocycles. The molecule has 0 bridgehead atoms. The maximum atomic E-state index is 13.4. The third-order valence-corrected chi connectivity index (χ3v) is 6.25. The smallest absolute Gasteiger partial charge is 0.264 e. The summed E-state index contributed by atoms with van der Waals surface area (Å²) in [6, 6.07) is 17.2. The Morgan fingerprint density at radius 3 is 2.56 bits per heavy atom. The molecule has 1 amide bonds. The van der Waals surface area contributed by atoms with Gasteiger partial charge in [-0.05, 0) is 54.4 Å². The van der Waals surface area contributed by atoms with Crippen molar-refractivity contribution in [3.8, 4) is 0 Å². The third kappa shape index (κ3) is 3.46. The van der Waals surface area contributed by atoms with E-state index in [1.54, 1.807) is 48.5 Å². The van der Waals surface area contributed by atoms with Gasteiger partial charge < -0.3 is 9.73 Å². The van der Waals surface area contributed by atoms with E-state index in [0.717, 1.165) is 5.56 Å². The number of carbonyl (C=O) groups excluding carboxylic acids is 1. The predicted octanol–water partition coefficient (Wildman–Crippen LogP) is 3.56. The lowest BCUT2D eigenvalue weighted by atomic mass is 10.0. The largest absolute Gasteiger partial charge is 0.467 e. The third-order valence-electron chi connectivity index (χ3n) is 4.48. The second-order valence-electron chi connectivity index (χ2n) is 6.29. The number of sulfonamides is 1. The van der Waals surface area contributed by atoms with E-state index in [1.165, 1.54) is 16.6 Å². The Bertz CT molecular complexity index is 1060. The van der Waals surface area contributed by atoms with E-state index in [9.17, 15) is 13.2 Å². The molecule has 0 fully saturated rings. The van der Waals surface area contributed by atoms with Crippen LogP contribution in [0.25, 0.3) is 0 Å². The Hall–Kier alpha value is -3.06. The first kappa shape index (κ1) is 17.4. The van der Waals surface area contributed by atoms with Crippen molar-refractivity contribution in [3.05, 3.63) is 78.3 Å². The van der Waals surface area contributed by atoms with Gasteiger partial charge in [0.25, 0.3) is 10.0 Å². The zero-order chi connectivity index (χ0) is 18.9. The monoisotopic (exact) mass is 382 g/mol.